The fraction of sp³-hybridized carbons (Fsp3) is 0.423. The molecule has 1 aliphatic rings. The third-order valence-corrected chi connectivity index (χ3v) is 6.53. The normalized spacial score (nSPS) is 15.4. The van der Waals surface area contributed by atoms with E-state index >= 15 is 0 Å². The van der Waals surface area contributed by atoms with Crippen LogP contribution in [0.3, 0.4) is 0 Å². The maximum atomic E-state index is 13.4. The summed E-state index contributed by atoms with van der Waals surface area (Å²) >= 11 is 9.91. The Morgan fingerprint density at radius 2 is 1.94 bits per heavy atom. The Labute approximate surface area is 208 Å². The zero-order valence-electron chi connectivity index (χ0n) is 19.3. The molecule has 7 heteroatoms. The second-order valence-electron chi connectivity index (χ2n) is 9.87. The van der Waals surface area contributed by atoms with E-state index in [1.807, 2.05) is 24.3 Å². The summed E-state index contributed by atoms with van der Waals surface area (Å²) in [5.74, 6) is 1.61. The van der Waals surface area contributed by atoms with Crippen molar-refractivity contribution in [2.75, 3.05) is 6.61 Å². The first kappa shape index (κ1) is 24.0. The molecule has 0 aliphatic heterocycles. The third kappa shape index (κ3) is 5.85. The molecule has 3 aromatic rings. The van der Waals surface area contributed by atoms with Gasteiger partial charge in [-0.05, 0) is 60.2 Å². The SMILES string of the molecule is CC(C)(C)COc1ccc(C=Nn2c(C3CCCCC3)nc3ccc(Br)cc3c2=O)cc1Cl. The molecular weight excluding hydrogens is 502 g/mol. The van der Waals surface area contributed by atoms with Gasteiger partial charge in [0.2, 0.25) is 0 Å². The van der Waals surface area contributed by atoms with Gasteiger partial charge in [0.25, 0.3) is 5.56 Å². The third-order valence-electron chi connectivity index (χ3n) is 5.74. The highest BCUT2D eigenvalue weighted by molar-refractivity contribution is 9.10. The van der Waals surface area contributed by atoms with E-state index in [-0.39, 0.29) is 16.9 Å². The van der Waals surface area contributed by atoms with Crippen LogP contribution in [0.2, 0.25) is 5.02 Å². The number of fused-ring (bicyclic) bond motifs is 1. The lowest BCUT2D eigenvalue weighted by Gasteiger charge is -2.22. The average molecular weight is 531 g/mol. The van der Waals surface area contributed by atoms with Crippen LogP contribution in [0, 0.1) is 5.41 Å². The van der Waals surface area contributed by atoms with E-state index in [0.717, 1.165) is 41.5 Å². The predicted molar refractivity (Wildman–Crippen MR) is 139 cm³/mol. The lowest BCUT2D eigenvalue weighted by atomic mass is 9.88. The maximum Gasteiger partial charge on any atom is 0.282 e. The number of nitrogens with zero attached hydrogens (tertiary/aromatic N) is 3. The van der Waals surface area contributed by atoms with Crippen LogP contribution < -0.4 is 10.3 Å². The number of aromatic nitrogens is 2. The Balaban J connectivity index is 1.70. The molecule has 0 bridgehead atoms. The van der Waals surface area contributed by atoms with Gasteiger partial charge < -0.3 is 4.74 Å². The minimum atomic E-state index is -0.158. The molecule has 0 radical (unpaired) electrons. The summed E-state index contributed by atoms with van der Waals surface area (Å²) in [4.78, 5) is 18.3. The molecule has 1 aliphatic carbocycles. The first-order valence-electron chi connectivity index (χ1n) is 11.4. The minimum absolute atomic E-state index is 0.0399. The van der Waals surface area contributed by atoms with Crippen molar-refractivity contribution in [1.82, 2.24) is 9.66 Å². The Hall–Kier alpha value is -2.18. The Kier molecular flexibility index (Phi) is 7.25. The van der Waals surface area contributed by atoms with Crippen molar-refractivity contribution in [3.63, 3.8) is 0 Å². The number of hydrogen-bond acceptors (Lipinski definition) is 4. The number of benzene rings is 2. The van der Waals surface area contributed by atoms with E-state index in [9.17, 15) is 4.79 Å². The first-order chi connectivity index (χ1) is 15.7. The Morgan fingerprint density at radius 1 is 1.18 bits per heavy atom. The molecule has 1 heterocycles. The molecule has 33 heavy (non-hydrogen) atoms. The highest BCUT2D eigenvalue weighted by atomic mass is 79.9. The molecule has 2 aromatic carbocycles. The van der Waals surface area contributed by atoms with E-state index in [1.165, 1.54) is 11.1 Å². The molecule has 1 aromatic heterocycles. The summed E-state index contributed by atoms with van der Waals surface area (Å²) in [6, 6.07) is 11.1. The van der Waals surface area contributed by atoms with Crippen molar-refractivity contribution in [1.29, 1.82) is 0 Å². The quantitative estimate of drug-likeness (QED) is 0.329. The molecule has 0 unspecified atom stereocenters. The molecule has 0 N–H and O–H groups in total. The molecule has 0 spiro atoms. The van der Waals surface area contributed by atoms with Crippen LogP contribution in [0.15, 0.2) is 50.8 Å². The summed E-state index contributed by atoms with van der Waals surface area (Å²) in [6.45, 7) is 6.90. The molecule has 0 saturated heterocycles. The summed E-state index contributed by atoms with van der Waals surface area (Å²) < 4.78 is 8.16. The molecule has 5 nitrogen and oxygen atoms in total. The van der Waals surface area contributed by atoms with E-state index in [4.69, 9.17) is 21.3 Å². The molecule has 0 amide bonds. The smallest absolute Gasteiger partial charge is 0.282 e. The molecule has 1 saturated carbocycles. The van der Waals surface area contributed by atoms with Crippen LogP contribution in [0.5, 0.6) is 5.75 Å². The van der Waals surface area contributed by atoms with Gasteiger partial charge in [-0.15, -0.1) is 0 Å². The van der Waals surface area contributed by atoms with Crippen LogP contribution in [-0.2, 0) is 0 Å². The van der Waals surface area contributed by atoms with Gasteiger partial charge in [-0.3, -0.25) is 4.79 Å². The molecule has 174 valence electrons. The van der Waals surface area contributed by atoms with Gasteiger partial charge in [-0.2, -0.15) is 9.78 Å². The zero-order valence-corrected chi connectivity index (χ0v) is 21.6. The van der Waals surface area contributed by atoms with Crippen molar-refractivity contribution in [3.8, 4) is 5.75 Å². The van der Waals surface area contributed by atoms with Crippen LogP contribution in [0.4, 0.5) is 0 Å². The molecule has 0 atom stereocenters. The standard InChI is InChI=1S/C26H29BrClN3O2/c1-26(2,3)16-33-23-12-9-17(13-21(23)28)15-29-31-24(18-7-5-4-6-8-18)30-22-11-10-19(27)14-20(22)25(31)32/h9-15,18H,4-8,16H2,1-3H3. The molecule has 1 fully saturated rings. The zero-order chi connectivity index (χ0) is 23.6. The fourth-order valence-corrected chi connectivity index (χ4v) is 4.64. The van der Waals surface area contributed by atoms with Gasteiger partial charge in [0.1, 0.15) is 11.6 Å². The van der Waals surface area contributed by atoms with Crippen molar-refractivity contribution < 1.29 is 4.74 Å². The number of halogens is 2. The largest absolute Gasteiger partial charge is 0.491 e. The van der Waals surface area contributed by atoms with Crippen LogP contribution >= 0.6 is 27.5 Å². The minimum Gasteiger partial charge on any atom is -0.491 e. The highest BCUT2D eigenvalue weighted by Crippen LogP contribution is 2.32. The van der Waals surface area contributed by atoms with Crippen LogP contribution in [-0.4, -0.2) is 22.5 Å². The van der Waals surface area contributed by atoms with E-state index in [1.54, 1.807) is 18.3 Å². The molecule has 4 rings (SSSR count). The number of rotatable bonds is 5. The van der Waals surface area contributed by atoms with Crippen LogP contribution in [0.1, 0.15) is 70.2 Å². The van der Waals surface area contributed by atoms with Crippen molar-refractivity contribution in [3.05, 3.63) is 67.6 Å². The number of ether oxygens (including phenoxy) is 1. The van der Waals surface area contributed by atoms with Crippen LogP contribution in [0.25, 0.3) is 10.9 Å². The van der Waals surface area contributed by atoms with E-state index < -0.39 is 0 Å². The summed E-state index contributed by atoms with van der Waals surface area (Å²) in [7, 11) is 0. The lowest BCUT2D eigenvalue weighted by Crippen LogP contribution is -2.25. The van der Waals surface area contributed by atoms with Crippen molar-refractivity contribution in [2.24, 2.45) is 10.5 Å². The van der Waals surface area contributed by atoms with Gasteiger partial charge >= 0.3 is 0 Å². The van der Waals surface area contributed by atoms with Gasteiger partial charge in [0, 0.05) is 10.4 Å². The fourth-order valence-electron chi connectivity index (χ4n) is 4.04. The van der Waals surface area contributed by atoms with Crippen molar-refractivity contribution in [2.45, 2.75) is 58.8 Å². The van der Waals surface area contributed by atoms with E-state index in [2.05, 4.69) is 41.8 Å². The summed E-state index contributed by atoms with van der Waals surface area (Å²) in [5.41, 5.74) is 1.38. The highest BCUT2D eigenvalue weighted by Gasteiger charge is 2.22. The first-order valence-corrected chi connectivity index (χ1v) is 12.6. The Morgan fingerprint density at radius 3 is 2.64 bits per heavy atom. The maximum absolute atomic E-state index is 13.4. The topological polar surface area (TPSA) is 56.5 Å². The second kappa shape index (κ2) is 9.98. The van der Waals surface area contributed by atoms with Crippen molar-refractivity contribution >= 4 is 44.6 Å². The predicted octanol–water partition coefficient (Wildman–Crippen LogP) is 7.17. The van der Waals surface area contributed by atoms with Gasteiger partial charge in [0.15, 0.2) is 0 Å². The van der Waals surface area contributed by atoms with Gasteiger partial charge in [-0.1, -0.05) is 67.6 Å². The molecular formula is C26H29BrClN3O2. The van der Waals surface area contributed by atoms with Gasteiger partial charge in [-0.25, -0.2) is 4.98 Å². The summed E-state index contributed by atoms with van der Waals surface area (Å²) in [6.07, 6.45) is 7.24. The lowest BCUT2D eigenvalue weighted by molar-refractivity contribution is 0.198. The second-order valence-corrected chi connectivity index (χ2v) is 11.2. The monoisotopic (exact) mass is 529 g/mol. The Bertz CT molecular complexity index is 1240. The van der Waals surface area contributed by atoms with E-state index in [0.29, 0.717) is 28.3 Å². The average Bonchev–Trinajstić information content (AvgIpc) is 2.78. The number of hydrogen-bond donors (Lipinski definition) is 0. The van der Waals surface area contributed by atoms with Gasteiger partial charge in [0.05, 0.1) is 28.7 Å². The summed E-state index contributed by atoms with van der Waals surface area (Å²) in [5, 5.41) is 5.65.